The van der Waals surface area contributed by atoms with Crippen LogP contribution in [0.1, 0.15) is 164 Å². The minimum Gasteiger partial charge on any atom is -0.458 e. The van der Waals surface area contributed by atoms with E-state index in [2.05, 4.69) is 17.6 Å². The number of nitrogens with one attached hydrogen (secondary N) is 2. The van der Waals surface area contributed by atoms with Crippen LogP contribution < -0.4 is 16.4 Å². The Morgan fingerprint density at radius 2 is 1.07 bits per heavy atom. The third kappa shape index (κ3) is 25.6. The number of hydrogen-bond donors (Lipinski definition) is 3. The number of unbranched alkanes of at least 4 members (excludes halogenated alkanes) is 14. The summed E-state index contributed by atoms with van der Waals surface area (Å²) in [5, 5.41) is 5.55. The number of carbonyl (C=O) groups is 3. The number of amides is 2. The SMILES string of the molecule is CCCCCCCCCCCCCCCCC(NC(=O)[C@@H](N)CCCCNC(=O)OC(C)(C)C)C(=O)OC(C)(C)C. The van der Waals surface area contributed by atoms with Gasteiger partial charge in [-0.2, -0.15) is 0 Å². The second-order valence-electron chi connectivity index (χ2n) is 13.5. The molecule has 0 aliphatic heterocycles. The van der Waals surface area contributed by atoms with Gasteiger partial charge in [0.1, 0.15) is 17.2 Å². The Balaban J connectivity index is 4.29. The lowest BCUT2D eigenvalue weighted by molar-refractivity contribution is -0.159. The van der Waals surface area contributed by atoms with Crippen molar-refractivity contribution in [2.75, 3.05) is 6.54 Å². The Hall–Kier alpha value is -1.83. The normalized spacial score (nSPS) is 13.4. The van der Waals surface area contributed by atoms with Crippen LogP contribution in [0.25, 0.3) is 0 Å². The van der Waals surface area contributed by atoms with E-state index in [9.17, 15) is 14.4 Å². The number of nitrogens with two attached hydrogens (primary N) is 1. The highest BCUT2D eigenvalue weighted by Gasteiger charge is 2.28. The third-order valence-corrected chi connectivity index (χ3v) is 6.80. The average molecular weight is 584 g/mol. The van der Waals surface area contributed by atoms with E-state index in [0.717, 1.165) is 19.3 Å². The molecule has 41 heavy (non-hydrogen) atoms. The van der Waals surface area contributed by atoms with Gasteiger partial charge in [0.2, 0.25) is 5.91 Å². The molecule has 8 heteroatoms. The summed E-state index contributed by atoms with van der Waals surface area (Å²) in [6.07, 6.45) is 19.6. The molecule has 2 atom stereocenters. The fraction of sp³-hybridized carbons (Fsp3) is 0.909. The second-order valence-corrected chi connectivity index (χ2v) is 13.5. The zero-order chi connectivity index (χ0) is 31.2. The van der Waals surface area contributed by atoms with E-state index in [-0.39, 0.29) is 5.91 Å². The van der Waals surface area contributed by atoms with Crippen LogP contribution in [0, 0.1) is 0 Å². The highest BCUT2D eigenvalue weighted by atomic mass is 16.6. The monoisotopic (exact) mass is 583 g/mol. The number of rotatable bonds is 23. The molecule has 0 aromatic rings. The predicted octanol–water partition coefficient (Wildman–Crippen LogP) is 7.71. The first-order valence-corrected chi connectivity index (χ1v) is 16.5. The molecule has 0 aliphatic carbocycles. The highest BCUT2D eigenvalue weighted by Crippen LogP contribution is 2.16. The Bertz CT molecular complexity index is 700. The van der Waals surface area contributed by atoms with Crippen LogP contribution in [0.4, 0.5) is 4.79 Å². The molecule has 0 spiro atoms. The summed E-state index contributed by atoms with van der Waals surface area (Å²) in [6.45, 7) is 13.6. The van der Waals surface area contributed by atoms with Crippen LogP contribution in [-0.4, -0.2) is 47.8 Å². The quantitative estimate of drug-likeness (QED) is 0.0837. The van der Waals surface area contributed by atoms with Crippen molar-refractivity contribution in [3.63, 3.8) is 0 Å². The standard InChI is InChI=1S/C33H65N3O5/c1-8-9-10-11-12-13-14-15-16-17-18-19-20-21-25-28(30(38)40-32(2,3)4)36-29(37)27(34)24-22-23-26-35-31(39)41-33(5,6)7/h27-28H,8-26,34H2,1-7H3,(H,35,39)(H,36,37)/t27-,28?/m0/s1. The van der Waals surface area contributed by atoms with Crippen LogP contribution in [0.3, 0.4) is 0 Å². The van der Waals surface area contributed by atoms with Crippen molar-refractivity contribution in [2.24, 2.45) is 5.73 Å². The molecule has 0 heterocycles. The van der Waals surface area contributed by atoms with Gasteiger partial charge in [0.05, 0.1) is 6.04 Å². The molecule has 1 unspecified atom stereocenters. The summed E-state index contributed by atoms with van der Waals surface area (Å²) in [5.41, 5.74) is 4.96. The molecule has 0 radical (unpaired) electrons. The Morgan fingerprint density at radius 3 is 1.54 bits per heavy atom. The summed E-state index contributed by atoms with van der Waals surface area (Å²) in [5.74, 6) is -0.749. The van der Waals surface area contributed by atoms with Gasteiger partial charge < -0.3 is 25.8 Å². The van der Waals surface area contributed by atoms with E-state index in [1.807, 2.05) is 41.5 Å². The predicted molar refractivity (Wildman–Crippen MR) is 169 cm³/mol. The van der Waals surface area contributed by atoms with Crippen molar-refractivity contribution in [2.45, 2.75) is 187 Å². The number of hydrogen-bond acceptors (Lipinski definition) is 6. The largest absolute Gasteiger partial charge is 0.458 e. The lowest BCUT2D eigenvalue weighted by atomic mass is 10.0. The number of esters is 1. The molecule has 0 aromatic heterocycles. The molecule has 242 valence electrons. The Labute approximate surface area is 252 Å². The first-order valence-electron chi connectivity index (χ1n) is 16.5. The molecule has 0 bridgehead atoms. The van der Waals surface area contributed by atoms with Gasteiger partial charge in [0.15, 0.2) is 0 Å². The van der Waals surface area contributed by atoms with E-state index in [0.29, 0.717) is 32.2 Å². The number of alkyl carbamates (subject to hydrolysis) is 1. The molecule has 8 nitrogen and oxygen atoms in total. The van der Waals surface area contributed by atoms with Gasteiger partial charge in [-0.25, -0.2) is 9.59 Å². The van der Waals surface area contributed by atoms with Crippen molar-refractivity contribution in [1.29, 1.82) is 0 Å². The van der Waals surface area contributed by atoms with Crippen molar-refractivity contribution >= 4 is 18.0 Å². The van der Waals surface area contributed by atoms with Gasteiger partial charge in [-0.1, -0.05) is 96.8 Å². The smallest absolute Gasteiger partial charge is 0.407 e. The summed E-state index contributed by atoms with van der Waals surface area (Å²) in [6, 6.07) is -1.42. The lowest BCUT2D eigenvalue weighted by Gasteiger charge is -2.25. The molecule has 0 saturated heterocycles. The van der Waals surface area contributed by atoms with Gasteiger partial charge in [-0.05, 0) is 67.2 Å². The first kappa shape index (κ1) is 39.2. The second kappa shape index (κ2) is 22.7. The van der Waals surface area contributed by atoms with E-state index in [4.69, 9.17) is 15.2 Å². The molecule has 2 amide bonds. The topological polar surface area (TPSA) is 120 Å². The van der Waals surface area contributed by atoms with Crippen LogP contribution >= 0.6 is 0 Å². The molecule has 0 rings (SSSR count). The number of carbonyl (C=O) groups excluding carboxylic acids is 3. The van der Waals surface area contributed by atoms with E-state index in [1.54, 1.807) is 0 Å². The fourth-order valence-electron chi connectivity index (χ4n) is 4.57. The molecule has 0 fully saturated rings. The van der Waals surface area contributed by atoms with Crippen LogP contribution in [0.15, 0.2) is 0 Å². The first-order chi connectivity index (χ1) is 19.2. The highest BCUT2D eigenvalue weighted by molar-refractivity contribution is 5.87. The molecule has 0 saturated carbocycles. The summed E-state index contributed by atoms with van der Waals surface area (Å²) >= 11 is 0. The zero-order valence-electron chi connectivity index (χ0n) is 27.7. The van der Waals surface area contributed by atoms with Crippen LogP contribution in [0.2, 0.25) is 0 Å². The van der Waals surface area contributed by atoms with E-state index in [1.165, 1.54) is 70.6 Å². The fourth-order valence-corrected chi connectivity index (χ4v) is 4.57. The minimum atomic E-state index is -0.724. The minimum absolute atomic E-state index is 0.341. The average Bonchev–Trinajstić information content (AvgIpc) is 2.85. The van der Waals surface area contributed by atoms with Crippen molar-refractivity contribution in [3.05, 3.63) is 0 Å². The van der Waals surface area contributed by atoms with Crippen molar-refractivity contribution < 1.29 is 23.9 Å². The van der Waals surface area contributed by atoms with Crippen LogP contribution in [-0.2, 0) is 19.1 Å². The molecule has 4 N–H and O–H groups in total. The zero-order valence-corrected chi connectivity index (χ0v) is 27.7. The molecule has 0 aromatic carbocycles. The van der Waals surface area contributed by atoms with Crippen molar-refractivity contribution in [3.8, 4) is 0 Å². The maximum Gasteiger partial charge on any atom is 0.407 e. The van der Waals surface area contributed by atoms with E-state index >= 15 is 0 Å². The lowest BCUT2D eigenvalue weighted by Crippen LogP contribution is -2.50. The summed E-state index contributed by atoms with van der Waals surface area (Å²) < 4.78 is 10.8. The van der Waals surface area contributed by atoms with Crippen LogP contribution in [0.5, 0.6) is 0 Å². The van der Waals surface area contributed by atoms with E-state index < -0.39 is 35.3 Å². The molecular formula is C33H65N3O5. The third-order valence-electron chi connectivity index (χ3n) is 6.80. The Morgan fingerprint density at radius 1 is 0.634 bits per heavy atom. The Kier molecular flexibility index (Phi) is 21.7. The molecule has 0 aliphatic rings. The molecular weight excluding hydrogens is 518 g/mol. The maximum atomic E-state index is 12.8. The maximum absolute atomic E-state index is 12.8. The van der Waals surface area contributed by atoms with Gasteiger partial charge in [0.25, 0.3) is 0 Å². The summed E-state index contributed by atoms with van der Waals surface area (Å²) in [7, 11) is 0. The summed E-state index contributed by atoms with van der Waals surface area (Å²) in [4.78, 5) is 37.3. The van der Waals surface area contributed by atoms with Crippen molar-refractivity contribution in [1.82, 2.24) is 10.6 Å². The number of ether oxygens (including phenoxy) is 2. The van der Waals surface area contributed by atoms with Gasteiger partial charge in [-0.15, -0.1) is 0 Å². The van der Waals surface area contributed by atoms with Gasteiger partial charge in [0, 0.05) is 6.54 Å². The van der Waals surface area contributed by atoms with Gasteiger partial charge >= 0.3 is 12.1 Å². The van der Waals surface area contributed by atoms with Gasteiger partial charge in [-0.3, -0.25) is 4.79 Å².